The number of nitrogens with zero attached hydrogens (tertiary/aromatic N) is 4. The molecule has 94 valence electrons. The van der Waals surface area contributed by atoms with Crippen molar-refractivity contribution in [1.82, 2.24) is 19.7 Å². The fourth-order valence-electron chi connectivity index (χ4n) is 2.37. The quantitative estimate of drug-likeness (QED) is 0.868. The van der Waals surface area contributed by atoms with E-state index in [9.17, 15) is 0 Å². The molecule has 1 aliphatic rings. The minimum absolute atomic E-state index is 0.721. The van der Waals surface area contributed by atoms with Crippen LogP contribution in [0.25, 0.3) is 0 Å². The minimum Gasteiger partial charge on any atom is -0.298 e. The van der Waals surface area contributed by atoms with Crippen molar-refractivity contribution >= 4 is 15.9 Å². The molecular weight excluding hydrogens is 292 g/mol. The van der Waals surface area contributed by atoms with Crippen LogP contribution in [0.2, 0.25) is 0 Å². The molecule has 3 heterocycles. The monoisotopic (exact) mass is 306 g/mol. The van der Waals surface area contributed by atoms with Gasteiger partial charge in [-0.1, -0.05) is 0 Å². The van der Waals surface area contributed by atoms with Gasteiger partial charge in [-0.3, -0.25) is 14.6 Å². The van der Waals surface area contributed by atoms with Gasteiger partial charge in [-0.25, -0.2) is 0 Å². The summed E-state index contributed by atoms with van der Waals surface area (Å²) < 4.78 is 3.06. The smallest absolute Gasteiger partial charge is 0.0632 e. The van der Waals surface area contributed by atoms with E-state index in [2.05, 4.69) is 43.0 Å². The van der Waals surface area contributed by atoms with Gasteiger partial charge in [-0.2, -0.15) is 5.10 Å². The van der Waals surface area contributed by atoms with Crippen LogP contribution in [0.4, 0.5) is 0 Å². The summed E-state index contributed by atoms with van der Waals surface area (Å²) in [5.74, 6) is 0.721. The molecule has 0 radical (unpaired) electrons. The van der Waals surface area contributed by atoms with Gasteiger partial charge in [0.1, 0.15) is 0 Å². The van der Waals surface area contributed by atoms with Crippen LogP contribution in [0.3, 0.4) is 0 Å². The Hall–Kier alpha value is -1.20. The second-order valence-corrected chi connectivity index (χ2v) is 5.71. The summed E-state index contributed by atoms with van der Waals surface area (Å²) in [5.41, 5.74) is 1.34. The zero-order chi connectivity index (χ0) is 12.4. The highest BCUT2D eigenvalue weighted by molar-refractivity contribution is 9.10. The number of aromatic nitrogens is 3. The van der Waals surface area contributed by atoms with Gasteiger partial charge in [0, 0.05) is 50.7 Å². The minimum atomic E-state index is 0.721. The third-order valence-electron chi connectivity index (χ3n) is 3.24. The first-order valence-electron chi connectivity index (χ1n) is 6.09. The summed E-state index contributed by atoms with van der Waals surface area (Å²) in [5, 5.41) is 4.29. The predicted molar refractivity (Wildman–Crippen MR) is 72.9 cm³/mol. The molecule has 0 amide bonds. The van der Waals surface area contributed by atoms with Crippen LogP contribution in [0.1, 0.15) is 5.56 Å². The summed E-state index contributed by atoms with van der Waals surface area (Å²) >= 11 is 3.42. The van der Waals surface area contributed by atoms with E-state index in [4.69, 9.17) is 0 Å². The fourth-order valence-corrected chi connectivity index (χ4v) is 2.70. The first-order chi connectivity index (χ1) is 8.79. The second-order valence-electron chi connectivity index (χ2n) is 4.80. The lowest BCUT2D eigenvalue weighted by Crippen LogP contribution is -2.47. The van der Waals surface area contributed by atoms with Gasteiger partial charge >= 0.3 is 0 Å². The van der Waals surface area contributed by atoms with Crippen LogP contribution in [0.15, 0.2) is 41.4 Å². The van der Waals surface area contributed by atoms with Crippen molar-refractivity contribution in [1.29, 1.82) is 0 Å². The van der Waals surface area contributed by atoms with E-state index < -0.39 is 0 Å². The number of hydrogen-bond acceptors (Lipinski definition) is 3. The standard InChI is InChI=1S/C13H15BrN4/c14-13-5-16-18(10-13)9-12-7-17(8-12)6-11-1-3-15-4-2-11/h1-5,10,12H,6-9H2. The molecule has 0 N–H and O–H groups in total. The van der Waals surface area contributed by atoms with Crippen molar-refractivity contribution in [2.24, 2.45) is 5.92 Å². The number of likely N-dealkylation sites (tertiary alicyclic amines) is 1. The Labute approximate surface area is 115 Å². The first-order valence-corrected chi connectivity index (χ1v) is 6.88. The first kappa shape index (κ1) is 11.9. The SMILES string of the molecule is Brc1cnn(CC2CN(Cc3ccncc3)C2)c1. The summed E-state index contributed by atoms with van der Waals surface area (Å²) in [6, 6.07) is 4.16. The van der Waals surface area contributed by atoms with Crippen LogP contribution in [-0.2, 0) is 13.1 Å². The third-order valence-corrected chi connectivity index (χ3v) is 3.64. The molecule has 3 rings (SSSR count). The molecule has 1 aliphatic heterocycles. The highest BCUT2D eigenvalue weighted by atomic mass is 79.9. The van der Waals surface area contributed by atoms with Crippen LogP contribution in [0, 0.1) is 5.92 Å². The van der Waals surface area contributed by atoms with Crippen molar-refractivity contribution in [3.05, 3.63) is 47.0 Å². The number of hydrogen-bond donors (Lipinski definition) is 0. The van der Waals surface area contributed by atoms with E-state index in [0.29, 0.717) is 0 Å². The molecule has 0 aromatic carbocycles. The highest BCUT2D eigenvalue weighted by Crippen LogP contribution is 2.20. The van der Waals surface area contributed by atoms with Crippen molar-refractivity contribution in [3.8, 4) is 0 Å². The second kappa shape index (κ2) is 5.20. The summed E-state index contributed by atoms with van der Waals surface area (Å²) in [7, 11) is 0. The maximum absolute atomic E-state index is 4.29. The van der Waals surface area contributed by atoms with Crippen molar-refractivity contribution in [2.45, 2.75) is 13.1 Å². The maximum Gasteiger partial charge on any atom is 0.0632 e. The largest absolute Gasteiger partial charge is 0.298 e. The highest BCUT2D eigenvalue weighted by Gasteiger charge is 2.26. The van der Waals surface area contributed by atoms with E-state index >= 15 is 0 Å². The molecule has 2 aromatic rings. The molecule has 2 aromatic heterocycles. The lowest BCUT2D eigenvalue weighted by Gasteiger charge is -2.39. The normalized spacial score (nSPS) is 16.7. The number of pyridine rings is 1. The molecule has 5 heteroatoms. The van der Waals surface area contributed by atoms with Gasteiger partial charge in [-0.05, 0) is 33.6 Å². The van der Waals surface area contributed by atoms with Gasteiger partial charge in [0.25, 0.3) is 0 Å². The van der Waals surface area contributed by atoms with Crippen molar-refractivity contribution < 1.29 is 0 Å². The Morgan fingerprint density at radius 3 is 2.72 bits per heavy atom. The lowest BCUT2D eigenvalue weighted by molar-refractivity contribution is 0.0777. The average Bonchev–Trinajstić information content (AvgIpc) is 2.73. The lowest BCUT2D eigenvalue weighted by atomic mass is 9.99. The molecule has 0 spiro atoms. The van der Waals surface area contributed by atoms with Crippen molar-refractivity contribution in [2.75, 3.05) is 13.1 Å². The van der Waals surface area contributed by atoms with Gasteiger partial charge < -0.3 is 0 Å². The Kier molecular flexibility index (Phi) is 3.43. The van der Waals surface area contributed by atoms with E-state index in [-0.39, 0.29) is 0 Å². The summed E-state index contributed by atoms with van der Waals surface area (Å²) in [6.45, 7) is 4.35. The van der Waals surface area contributed by atoms with E-state index in [0.717, 1.165) is 36.6 Å². The Balaban J connectivity index is 1.46. The number of rotatable bonds is 4. The molecule has 0 bridgehead atoms. The molecule has 1 fully saturated rings. The molecule has 0 aliphatic carbocycles. The molecular formula is C13H15BrN4. The van der Waals surface area contributed by atoms with Crippen molar-refractivity contribution in [3.63, 3.8) is 0 Å². The summed E-state index contributed by atoms with van der Waals surface area (Å²) in [6.07, 6.45) is 7.58. The van der Waals surface area contributed by atoms with Gasteiger partial charge in [-0.15, -0.1) is 0 Å². The molecule has 1 saturated heterocycles. The predicted octanol–water partition coefficient (Wildman–Crippen LogP) is 2.17. The molecule has 0 unspecified atom stereocenters. The van der Waals surface area contributed by atoms with Crippen LogP contribution >= 0.6 is 15.9 Å². The number of halogens is 1. The molecule has 4 nitrogen and oxygen atoms in total. The molecule has 0 atom stereocenters. The van der Waals surface area contributed by atoms with E-state index in [1.807, 2.05) is 29.5 Å². The van der Waals surface area contributed by atoms with Crippen LogP contribution < -0.4 is 0 Å². The van der Waals surface area contributed by atoms with Gasteiger partial charge in [0.2, 0.25) is 0 Å². The molecule has 18 heavy (non-hydrogen) atoms. The Morgan fingerprint density at radius 1 is 1.28 bits per heavy atom. The summed E-state index contributed by atoms with van der Waals surface area (Å²) in [4.78, 5) is 6.49. The third kappa shape index (κ3) is 2.79. The average molecular weight is 307 g/mol. The maximum atomic E-state index is 4.29. The van der Waals surface area contributed by atoms with E-state index in [1.165, 1.54) is 5.56 Å². The van der Waals surface area contributed by atoms with Crippen LogP contribution in [0.5, 0.6) is 0 Å². The fraction of sp³-hybridized carbons (Fsp3) is 0.385. The topological polar surface area (TPSA) is 34.0 Å². The zero-order valence-electron chi connectivity index (χ0n) is 10.0. The van der Waals surface area contributed by atoms with Crippen LogP contribution in [-0.4, -0.2) is 32.8 Å². The Morgan fingerprint density at radius 2 is 2.06 bits per heavy atom. The van der Waals surface area contributed by atoms with E-state index in [1.54, 1.807) is 0 Å². The van der Waals surface area contributed by atoms with Gasteiger partial charge in [0.05, 0.1) is 10.7 Å². The molecule has 0 saturated carbocycles. The zero-order valence-corrected chi connectivity index (χ0v) is 11.6. The van der Waals surface area contributed by atoms with Gasteiger partial charge in [0.15, 0.2) is 0 Å². The Bertz CT molecular complexity index is 505.